The van der Waals surface area contributed by atoms with E-state index in [0.717, 1.165) is 22.2 Å². The summed E-state index contributed by atoms with van der Waals surface area (Å²) in [6, 6.07) is 18.5. The van der Waals surface area contributed by atoms with E-state index in [0.29, 0.717) is 26.8 Å². The highest BCUT2D eigenvalue weighted by molar-refractivity contribution is 6.31. The van der Waals surface area contributed by atoms with Crippen LogP contribution in [-0.4, -0.2) is 19.1 Å². The van der Waals surface area contributed by atoms with E-state index >= 15 is 0 Å². The second-order valence-corrected chi connectivity index (χ2v) is 9.10. The van der Waals surface area contributed by atoms with Crippen LogP contribution in [0.15, 0.2) is 84.2 Å². The molecule has 170 valence electrons. The third-order valence-corrected chi connectivity index (χ3v) is 6.63. The molecule has 0 amide bonds. The first-order valence-corrected chi connectivity index (χ1v) is 11.3. The number of nitrogens with two attached hydrogens (primary N) is 1. The Morgan fingerprint density at radius 3 is 2.41 bits per heavy atom. The molecule has 5 rings (SSSR count). The van der Waals surface area contributed by atoms with E-state index < -0.39 is 5.54 Å². The van der Waals surface area contributed by atoms with Gasteiger partial charge in [0.1, 0.15) is 5.54 Å². The molecule has 2 aromatic carbocycles. The van der Waals surface area contributed by atoms with Crippen LogP contribution in [0.2, 0.25) is 10.0 Å². The monoisotopic (exact) mass is 489 g/mol. The SMILES string of the molecule is Cn1cncc1C(N)(c1ccc(Cl)cn1)c1cccc2c(-c3cccc(Cl)c3)cc(=O)n(C)c12. The van der Waals surface area contributed by atoms with Crippen LogP contribution >= 0.6 is 23.2 Å². The summed E-state index contributed by atoms with van der Waals surface area (Å²) in [5, 5.41) is 1.97. The van der Waals surface area contributed by atoms with Gasteiger partial charge in [0.2, 0.25) is 0 Å². The molecule has 0 fully saturated rings. The molecule has 34 heavy (non-hydrogen) atoms. The van der Waals surface area contributed by atoms with Crippen LogP contribution < -0.4 is 11.3 Å². The maximum absolute atomic E-state index is 13.2. The van der Waals surface area contributed by atoms with Gasteiger partial charge in [0.25, 0.3) is 5.56 Å². The smallest absolute Gasteiger partial charge is 0.251 e. The Kier molecular flexibility index (Phi) is 5.52. The zero-order valence-corrected chi connectivity index (χ0v) is 20.0. The molecule has 3 aromatic heterocycles. The molecule has 0 saturated carbocycles. The number of halogens is 2. The highest BCUT2D eigenvalue weighted by Gasteiger charge is 2.38. The molecule has 0 spiro atoms. The van der Waals surface area contributed by atoms with Crippen LogP contribution in [0.4, 0.5) is 0 Å². The lowest BCUT2D eigenvalue weighted by molar-refractivity contribution is 0.579. The normalized spacial score (nSPS) is 13.2. The van der Waals surface area contributed by atoms with Gasteiger partial charge < -0.3 is 14.9 Å². The number of hydrogen-bond acceptors (Lipinski definition) is 4. The van der Waals surface area contributed by atoms with Gasteiger partial charge in [0, 0.05) is 42.3 Å². The van der Waals surface area contributed by atoms with Crippen molar-refractivity contribution in [3.63, 3.8) is 0 Å². The second-order valence-electron chi connectivity index (χ2n) is 8.23. The molecule has 0 radical (unpaired) electrons. The molecule has 8 heteroatoms. The number of para-hydroxylation sites is 1. The van der Waals surface area contributed by atoms with E-state index in [-0.39, 0.29) is 5.56 Å². The summed E-state index contributed by atoms with van der Waals surface area (Å²) in [4.78, 5) is 22.0. The van der Waals surface area contributed by atoms with Crippen molar-refractivity contribution in [1.29, 1.82) is 0 Å². The topological polar surface area (TPSA) is 78.7 Å². The van der Waals surface area contributed by atoms with E-state index in [2.05, 4.69) is 9.97 Å². The third-order valence-electron chi connectivity index (χ3n) is 6.17. The van der Waals surface area contributed by atoms with E-state index in [1.54, 1.807) is 54.6 Å². The molecule has 0 bridgehead atoms. The molecular weight excluding hydrogens is 469 g/mol. The van der Waals surface area contributed by atoms with Crippen molar-refractivity contribution in [3.05, 3.63) is 117 Å². The number of rotatable bonds is 4. The van der Waals surface area contributed by atoms with Gasteiger partial charge in [-0.1, -0.05) is 53.5 Å². The molecule has 1 atom stereocenters. The summed E-state index contributed by atoms with van der Waals surface area (Å²) in [6.45, 7) is 0. The molecule has 0 aliphatic carbocycles. The molecule has 1 unspecified atom stereocenters. The fraction of sp³-hybridized carbons (Fsp3) is 0.115. The lowest BCUT2D eigenvalue weighted by Crippen LogP contribution is -2.42. The quantitative estimate of drug-likeness (QED) is 0.389. The molecule has 0 aliphatic heterocycles. The average Bonchev–Trinajstić information content (AvgIpc) is 3.27. The Morgan fingerprint density at radius 2 is 1.74 bits per heavy atom. The van der Waals surface area contributed by atoms with Crippen molar-refractivity contribution >= 4 is 34.1 Å². The van der Waals surface area contributed by atoms with Crippen LogP contribution in [0.25, 0.3) is 22.0 Å². The number of benzene rings is 2. The summed E-state index contributed by atoms with van der Waals surface area (Å²) in [7, 11) is 3.62. The van der Waals surface area contributed by atoms with Gasteiger partial charge in [-0.25, -0.2) is 4.98 Å². The minimum absolute atomic E-state index is 0.161. The van der Waals surface area contributed by atoms with Crippen molar-refractivity contribution in [3.8, 4) is 11.1 Å². The maximum Gasteiger partial charge on any atom is 0.251 e. The Balaban J connectivity index is 1.91. The number of aromatic nitrogens is 4. The zero-order valence-electron chi connectivity index (χ0n) is 18.5. The highest BCUT2D eigenvalue weighted by Crippen LogP contribution is 2.39. The van der Waals surface area contributed by atoms with Crippen molar-refractivity contribution < 1.29 is 0 Å². The lowest BCUT2D eigenvalue weighted by Gasteiger charge is -2.31. The van der Waals surface area contributed by atoms with Gasteiger partial charge in [0.05, 0.1) is 34.5 Å². The Bertz CT molecular complexity index is 1590. The minimum Gasteiger partial charge on any atom is -0.335 e. The lowest BCUT2D eigenvalue weighted by atomic mass is 9.82. The van der Waals surface area contributed by atoms with Crippen LogP contribution in [0.5, 0.6) is 0 Å². The van der Waals surface area contributed by atoms with E-state index in [1.807, 2.05) is 48.0 Å². The standard InChI is InChI=1S/C26H21Cl2N5O/c1-32-15-30-14-23(32)26(29,22-10-9-18(28)13-31-22)21-8-4-7-19-20(12-24(34)33(2)25(19)21)16-5-3-6-17(27)11-16/h3-15H,29H2,1-2H3. The van der Waals surface area contributed by atoms with Crippen molar-refractivity contribution in [2.45, 2.75) is 5.54 Å². The van der Waals surface area contributed by atoms with Gasteiger partial charge in [-0.15, -0.1) is 0 Å². The predicted molar refractivity (Wildman–Crippen MR) is 136 cm³/mol. The molecule has 0 saturated heterocycles. The van der Waals surface area contributed by atoms with Gasteiger partial charge in [-0.2, -0.15) is 0 Å². The number of fused-ring (bicyclic) bond motifs is 1. The van der Waals surface area contributed by atoms with Gasteiger partial charge in [-0.05, 0) is 35.4 Å². The van der Waals surface area contributed by atoms with E-state index in [4.69, 9.17) is 28.9 Å². The largest absolute Gasteiger partial charge is 0.335 e. The molecule has 3 heterocycles. The first kappa shape index (κ1) is 22.3. The Labute approximate surface area is 206 Å². The first-order valence-electron chi connectivity index (χ1n) is 10.6. The van der Waals surface area contributed by atoms with Crippen molar-refractivity contribution in [2.24, 2.45) is 19.8 Å². The van der Waals surface area contributed by atoms with Crippen LogP contribution in [0.3, 0.4) is 0 Å². The second kappa shape index (κ2) is 8.40. The summed E-state index contributed by atoms with van der Waals surface area (Å²) in [5.74, 6) is 0. The number of nitrogens with zero attached hydrogens (tertiary/aromatic N) is 4. The van der Waals surface area contributed by atoms with Crippen LogP contribution in [0.1, 0.15) is 17.0 Å². The average molecular weight is 490 g/mol. The number of hydrogen-bond donors (Lipinski definition) is 1. The minimum atomic E-state index is -1.22. The number of pyridine rings is 2. The van der Waals surface area contributed by atoms with Crippen molar-refractivity contribution in [2.75, 3.05) is 0 Å². The molecule has 2 N–H and O–H groups in total. The van der Waals surface area contributed by atoms with Crippen LogP contribution in [0, 0.1) is 0 Å². The number of aryl methyl sites for hydroxylation is 2. The van der Waals surface area contributed by atoms with Gasteiger partial charge in [-0.3, -0.25) is 9.78 Å². The van der Waals surface area contributed by atoms with Crippen molar-refractivity contribution in [1.82, 2.24) is 19.1 Å². The van der Waals surface area contributed by atoms with Crippen LogP contribution in [-0.2, 0) is 19.6 Å². The Hall–Kier alpha value is -3.45. The summed E-state index contributed by atoms with van der Waals surface area (Å²) in [6.07, 6.45) is 4.97. The van der Waals surface area contributed by atoms with E-state index in [9.17, 15) is 4.79 Å². The van der Waals surface area contributed by atoms with Gasteiger partial charge in [0.15, 0.2) is 0 Å². The molecule has 0 aliphatic rings. The highest BCUT2D eigenvalue weighted by atomic mass is 35.5. The fourth-order valence-electron chi connectivity index (χ4n) is 4.50. The number of imidazole rings is 1. The third kappa shape index (κ3) is 3.51. The summed E-state index contributed by atoms with van der Waals surface area (Å²) in [5.41, 5.74) is 10.2. The first-order chi connectivity index (χ1) is 16.3. The maximum atomic E-state index is 13.2. The summed E-state index contributed by atoms with van der Waals surface area (Å²) >= 11 is 12.4. The Morgan fingerprint density at radius 1 is 0.941 bits per heavy atom. The van der Waals surface area contributed by atoms with E-state index in [1.165, 1.54) is 0 Å². The zero-order chi connectivity index (χ0) is 24.0. The summed E-state index contributed by atoms with van der Waals surface area (Å²) < 4.78 is 3.47. The van der Waals surface area contributed by atoms with Gasteiger partial charge >= 0.3 is 0 Å². The molecule has 5 aromatic rings. The predicted octanol–water partition coefficient (Wildman–Crippen LogP) is 4.89. The fourth-order valence-corrected chi connectivity index (χ4v) is 4.80. The molecule has 6 nitrogen and oxygen atoms in total. The molecular formula is C26H21Cl2N5O.